The average molecular weight is 246 g/mol. The summed E-state index contributed by atoms with van der Waals surface area (Å²) in [5, 5.41) is 21.9. The van der Waals surface area contributed by atoms with Gasteiger partial charge in [-0.25, -0.2) is 0 Å². The third kappa shape index (κ3) is 4.19. The minimum atomic E-state index is -0.572. The van der Waals surface area contributed by atoms with Crippen LogP contribution in [0.3, 0.4) is 0 Å². The van der Waals surface area contributed by atoms with E-state index in [1.807, 2.05) is 6.92 Å². The number of aliphatic hydroxyl groups is 2. The summed E-state index contributed by atoms with van der Waals surface area (Å²) in [5.41, 5.74) is -0.572. The van der Waals surface area contributed by atoms with Crippen LogP contribution in [0.1, 0.15) is 20.3 Å². The van der Waals surface area contributed by atoms with Crippen molar-refractivity contribution >= 4 is 0 Å². The van der Waals surface area contributed by atoms with E-state index in [2.05, 4.69) is 17.1 Å². The molecule has 1 atom stereocenters. The molecule has 1 saturated heterocycles. The summed E-state index contributed by atoms with van der Waals surface area (Å²) in [6, 6.07) is 0. The number of likely N-dealkylation sites (N-methyl/N-ethyl adjacent to an activating group) is 1. The quantitative estimate of drug-likeness (QED) is 0.561. The third-order valence-electron chi connectivity index (χ3n) is 3.66. The maximum Gasteiger partial charge on any atom is 0.0826 e. The SMILES string of the molecule is CCN1CCOC(CNC(CC)(CO)CO)C1. The summed E-state index contributed by atoms with van der Waals surface area (Å²) in [4.78, 5) is 2.35. The van der Waals surface area contributed by atoms with Crippen molar-refractivity contribution in [2.45, 2.75) is 31.9 Å². The van der Waals surface area contributed by atoms with E-state index in [0.717, 1.165) is 26.2 Å². The third-order valence-corrected chi connectivity index (χ3v) is 3.66. The number of nitrogens with zero attached hydrogens (tertiary/aromatic N) is 1. The van der Waals surface area contributed by atoms with Crippen molar-refractivity contribution in [3.63, 3.8) is 0 Å². The fourth-order valence-corrected chi connectivity index (χ4v) is 2.03. The van der Waals surface area contributed by atoms with Crippen molar-refractivity contribution < 1.29 is 14.9 Å². The van der Waals surface area contributed by atoms with Gasteiger partial charge < -0.3 is 20.3 Å². The Morgan fingerprint density at radius 2 is 2.06 bits per heavy atom. The molecular formula is C12H26N2O3. The van der Waals surface area contributed by atoms with Crippen LogP contribution in [-0.2, 0) is 4.74 Å². The second kappa shape index (κ2) is 7.28. The van der Waals surface area contributed by atoms with Crippen molar-refractivity contribution in [1.29, 1.82) is 0 Å². The molecule has 0 amide bonds. The van der Waals surface area contributed by atoms with Gasteiger partial charge in [0.1, 0.15) is 0 Å². The van der Waals surface area contributed by atoms with Crippen molar-refractivity contribution in [3.05, 3.63) is 0 Å². The highest BCUT2D eigenvalue weighted by molar-refractivity contribution is 4.87. The van der Waals surface area contributed by atoms with Crippen molar-refractivity contribution in [2.75, 3.05) is 46.0 Å². The Hall–Kier alpha value is -0.200. The van der Waals surface area contributed by atoms with Gasteiger partial charge in [0.25, 0.3) is 0 Å². The minimum absolute atomic E-state index is 0.0514. The van der Waals surface area contributed by atoms with Gasteiger partial charge in [-0.1, -0.05) is 13.8 Å². The molecule has 5 nitrogen and oxygen atoms in total. The van der Waals surface area contributed by atoms with Crippen molar-refractivity contribution in [1.82, 2.24) is 10.2 Å². The number of hydrogen-bond donors (Lipinski definition) is 3. The molecule has 0 aliphatic carbocycles. The van der Waals surface area contributed by atoms with Crippen molar-refractivity contribution in [2.24, 2.45) is 0 Å². The Labute approximate surface area is 104 Å². The first-order chi connectivity index (χ1) is 8.19. The normalized spacial score (nSPS) is 22.9. The Morgan fingerprint density at radius 3 is 2.59 bits per heavy atom. The van der Waals surface area contributed by atoms with Crippen LogP contribution >= 0.6 is 0 Å². The number of hydrogen-bond acceptors (Lipinski definition) is 5. The molecule has 0 aromatic rings. The molecule has 1 heterocycles. The van der Waals surface area contributed by atoms with Gasteiger partial charge in [-0.05, 0) is 13.0 Å². The van der Waals surface area contributed by atoms with Gasteiger partial charge in [-0.3, -0.25) is 4.90 Å². The van der Waals surface area contributed by atoms with E-state index >= 15 is 0 Å². The van der Waals surface area contributed by atoms with Crippen LogP contribution in [0.5, 0.6) is 0 Å². The molecule has 0 spiro atoms. The van der Waals surface area contributed by atoms with Crippen LogP contribution in [0.4, 0.5) is 0 Å². The number of ether oxygens (including phenoxy) is 1. The summed E-state index contributed by atoms with van der Waals surface area (Å²) >= 11 is 0. The first kappa shape index (κ1) is 14.9. The zero-order chi connectivity index (χ0) is 12.7. The number of nitrogens with one attached hydrogen (secondary N) is 1. The second-order valence-electron chi connectivity index (χ2n) is 4.72. The Kier molecular flexibility index (Phi) is 6.37. The summed E-state index contributed by atoms with van der Waals surface area (Å²) in [6.07, 6.45) is 0.845. The smallest absolute Gasteiger partial charge is 0.0826 e. The first-order valence-corrected chi connectivity index (χ1v) is 6.50. The fraction of sp³-hybridized carbons (Fsp3) is 1.00. The van der Waals surface area contributed by atoms with E-state index in [1.54, 1.807) is 0 Å². The van der Waals surface area contributed by atoms with Gasteiger partial charge in [-0.2, -0.15) is 0 Å². The van der Waals surface area contributed by atoms with E-state index in [0.29, 0.717) is 13.0 Å². The summed E-state index contributed by atoms with van der Waals surface area (Å²) in [7, 11) is 0. The molecule has 0 saturated carbocycles. The van der Waals surface area contributed by atoms with Gasteiger partial charge in [0.15, 0.2) is 0 Å². The van der Waals surface area contributed by atoms with Crippen LogP contribution in [0.25, 0.3) is 0 Å². The molecule has 1 unspecified atom stereocenters. The number of aliphatic hydroxyl groups excluding tert-OH is 2. The molecule has 1 aliphatic heterocycles. The van der Waals surface area contributed by atoms with E-state index in [4.69, 9.17) is 4.74 Å². The molecule has 102 valence electrons. The highest BCUT2D eigenvalue weighted by atomic mass is 16.5. The zero-order valence-electron chi connectivity index (χ0n) is 11.0. The van der Waals surface area contributed by atoms with E-state index in [1.165, 1.54) is 0 Å². The highest BCUT2D eigenvalue weighted by Gasteiger charge is 2.28. The summed E-state index contributed by atoms with van der Waals surface area (Å²) in [5.74, 6) is 0. The molecule has 1 fully saturated rings. The van der Waals surface area contributed by atoms with Gasteiger partial charge in [-0.15, -0.1) is 0 Å². The number of rotatable bonds is 7. The lowest BCUT2D eigenvalue weighted by atomic mass is 9.98. The summed E-state index contributed by atoms with van der Waals surface area (Å²) in [6.45, 7) is 8.38. The van der Waals surface area contributed by atoms with E-state index in [-0.39, 0.29) is 19.3 Å². The summed E-state index contributed by atoms with van der Waals surface area (Å²) < 4.78 is 5.67. The van der Waals surface area contributed by atoms with Crippen LogP contribution in [0.15, 0.2) is 0 Å². The van der Waals surface area contributed by atoms with Gasteiger partial charge in [0, 0.05) is 19.6 Å². The lowest BCUT2D eigenvalue weighted by molar-refractivity contribution is -0.0331. The fourth-order valence-electron chi connectivity index (χ4n) is 2.03. The van der Waals surface area contributed by atoms with Gasteiger partial charge in [0.2, 0.25) is 0 Å². The first-order valence-electron chi connectivity index (χ1n) is 6.50. The topological polar surface area (TPSA) is 65.0 Å². The standard InChI is InChI=1S/C12H26N2O3/c1-3-12(9-15,10-16)13-7-11-8-14(4-2)5-6-17-11/h11,13,15-16H,3-10H2,1-2H3. The second-order valence-corrected chi connectivity index (χ2v) is 4.72. The Bertz CT molecular complexity index is 202. The van der Waals surface area contributed by atoms with E-state index < -0.39 is 5.54 Å². The van der Waals surface area contributed by atoms with Crippen LogP contribution in [0.2, 0.25) is 0 Å². The molecule has 3 N–H and O–H groups in total. The predicted molar refractivity (Wildman–Crippen MR) is 67.1 cm³/mol. The molecule has 1 rings (SSSR count). The lowest BCUT2D eigenvalue weighted by Crippen LogP contribution is -2.56. The Balaban J connectivity index is 2.38. The molecule has 0 radical (unpaired) electrons. The monoisotopic (exact) mass is 246 g/mol. The molecule has 5 heteroatoms. The zero-order valence-corrected chi connectivity index (χ0v) is 11.0. The minimum Gasteiger partial charge on any atom is -0.394 e. The molecule has 0 bridgehead atoms. The molecule has 0 aromatic carbocycles. The van der Waals surface area contributed by atoms with Crippen LogP contribution in [-0.4, -0.2) is 72.8 Å². The molecule has 1 aliphatic rings. The predicted octanol–water partition coefficient (Wildman–Crippen LogP) is -0.570. The van der Waals surface area contributed by atoms with Gasteiger partial charge in [0.05, 0.1) is 31.5 Å². The highest BCUT2D eigenvalue weighted by Crippen LogP contribution is 2.10. The lowest BCUT2D eigenvalue weighted by Gasteiger charge is -2.36. The maximum atomic E-state index is 9.33. The molecule has 0 aromatic heterocycles. The van der Waals surface area contributed by atoms with Gasteiger partial charge >= 0.3 is 0 Å². The molecular weight excluding hydrogens is 220 g/mol. The van der Waals surface area contributed by atoms with Crippen molar-refractivity contribution in [3.8, 4) is 0 Å². The largest absolute Gasteiger partial charge is 0.394 e. The molecule has 17 heavy (non-hydrogen) atoms. The number of morpholine rings is 1. The Morgan fingerprint density at radius 1 is 1.35 bits per heavy atom. The average Bonchev–Trinajstić information content (AvgIpc) is 2.41. The van der Waals surface area contributed by atoms with Crippen LogP contribution < -0.4 is 5.32 Å². The van der Waals surface area contributed by atoms with Crippen LogP contribution in [0, 0.1) is 0 Å². The maximum absolute atomic E-state index is 9.33. The van der Waals surface area contributed by atoms with E-state index in [9.17, 15) is 10.2 Å².